The van der Waals surface area contributed by atoms with E-state index < -0.39 is 0 Å². The van der Waals surface area contributed by atoms with Gasteiger partial charge in [-0.25, -0.2) is 0 Å². The molecule has 1 aromatic rings. The third kappa shape index (κ3) is 1.83. The van der Waals surface area contributed by atoms with Crippen molar-refractivity contribution in [2.75, 3.05) is 0 Å². The maximum atomic E-state index is 11.8. The smallest absolute Gasteiger partial charge is 0.255 e. The van der Waals surface area contributed by atoms with Crippen molar-refractivity contribution >= 4 is 5.91 Å². The number of carbonyl (C=O) groups excluding carboxylic acids is 1. The normalized spacial score (nSPS) is 21.5. The predicted octanol–water partition coefficient (Wildman–Crippen LogP) is 1.63. The molecular weight excluding hydrogens is 206 g/mol. The highest BCUT2D eigenvalue weighted by Gasteiger charge is 2.46. The van der Waals surface area contributed by atoms with E-state index in [9.17, 15) is 15.0 Å². The van der Waals surface area contributed by atoms with Crippen molar-refractivity contribution in [1.82, 2.24) is 5.32 Å². The molecule has 1 unspecified atom stereocenters. The topological polar surface area (TPSA) is 69.6 Å². The first kappa shape index (κ1) is 10.8. The zero-order valence-electron chi connectivity index (χ0n) is 9.32. The average Bonchev–Trinajstić information content (AvgIpc) is 2.78. The van der Waals surface area contributed by atoms with Gasteiger partial charge in [-0.3, -0.25) is 4.79 Å². The highest BCUT2D eigenvalue weighted by Crippen LogP contribution is 2.44. The number of benzene rings is 1. The zero-order chi connectivity index (χ0) is 11.9. The minimum atomic E-state index is -0.363. The Morgan fingerprint density at radius 1 is 1.44 bits per heavy atom. The summed E-state index contributed by atoms with van der Waals surface area (Å²) in [6, 6.07) is 4.51. The van der Waals surface area contributed by atoms with Gasteiger partial charge >= 0.3 is 0 Å². The molecule has 0 bridgehead atoms. The Morgan fingerprint density at radius 2 is 2.06 bits per heavy atom. The Kier molecular flexibility index (Phi) is 2.30. The van der Waals surface area contributed by atoms with Crippen molar-refractivity contribution in [1.29, 1.82) is 0 Å². The summed E-state index contributed by atoms with van der Waals surface area (Å²) >= 11 is 0. The van der Waals surface area contributed by atoms with E-state index in [1.165, 1.54) is 18.2 Å². The van der Waals surface area contributed by atoms with E-state index in [2.05, 4.69) is 19.2 Å². The minimum Gasteiger partial charge on any atom is -0.504 e. The largest absolute Gasteiger partial charge is 0.504 e. The van der Waals surface area contributed by atoms with Crippen molar-refractivity contribution in [3.8, 4) is 11.5 Å². The summed E-state index contributed by atoms with van der Waals surface area (Å²) < 4.78 is 0. The lowest BCUT2D eigenvalue weighted by Gasteiger charge is -2.08. The Morgan fingerprint density at radius 3 is 2.62 bits per heavy atom. The van der Waals surface area contributed by atoms with Crippen molar-refractivity contribution < 1.29 is 15.0 Å². The van der Waals surface area contributed by atoms with E-state index in [1.54, 1.807) is 0 Å². The number of para-hydroxylation sites is 1. The summed E-state index contributed by atoms with van der Waals surface area (Å²) in [6.45, 7) is 4.14. The second-order valence-electron chi connectivity index (χ2n) is 4.89. The molecule has 1 atom stereocenters. The Bertz CT molecular complexity index is 440. The third-order valence-corrected chi connectivity index (χ3v) is 3.08. The summed E-state index contributed by atoms with van der Waals surface area (Å²) in [4.78, 5) is 11.8. The summed E-state index contributed by atoms with van der Waals surface area (Å²) in [5.74, 6) is -0.981. The van der Waals surface area contributed by atoms with Crippen molar-refractivity contribution in [2.24, 2.45) is 5.41 Å². The fourth-order valence-electron chi connectivity index (χ4n) is 1.66. The van der Waals surface area contributed by atoms with Crippen LogP contribution in [0.2, 0.25) is 0 Å². The van der Waals surface area contributed by atoms with Crippen LogP contribution in [0, 0.1) is 5.41 Å². The van der Waals surface area contributed by atoms with Gasteiger partial charge in [-0.05, 0) is 24.0 Å². The summed E-state index contributed by atoms with van der Waals surface area (Å²) in [7, 11) is 0. The SMILES string of the molecule is CC1(C)CC1NC(=O)c1cccc(O)c1O. The molecule has 3 N–H and O–H groups in total. The van der Waals surface area contributed by atoms with Gasteiger partial charge in [0, 0.05) is 6.04 Å². The fraction of sp³-hybridized carbons (Fsp3) is 0.417. The maximum Gasteiger partial charge on any atom is 0.255 e. The molecule has 16 heavy (non-hydrogen) atoms. The fourth-order valence-corrected chi connectivity index (χ4v) is 1.66. The average molecular weight is 221 g/mol. The van der Waals surface area contributed by atoms with Gasteiger partial charge in [0.05, 0.1) is 5.56 Å². The molecule has 1 saturated carbocycles. The molecule has 0 aliphatic heterocycles. The van der Waals surface area contributed by atoms with Crippen LogP contribution in [-0.4, -0.2) is 22.2 Å². The molecule has 1 aliphatic rings. The van der Waals surface area contributed by atoms with Crippen LogP contribution in [-0.2, 0) is 0 Å². The molecular formula is C12H15NO3. The lowest BCUT2D eigenvalue weighted by Crippen LogP contribution is -2.28. The Hall–Kier alpha value is -1.71. The molecule has 1 fully saturated rings. The number of aromatic hydroxyl groups is 2. The molecule has 0 spiro atoms. The molecule has 86 valence electrons. The first-order valence-corrected chi connectivity index (χ1v) is 5.23. The van der Waals surface area contributed by atoms with Gasteiger partial charge in [-0.2, -0.15) is 0 Å². The Labute approximate surface area is 93.9 Å². The van der Waals surface area contributed by atoms with Crippen LogP contribution in [0.3, 0.4) is 0 Å². The van der Waals surface area contributed by atoms with E-state index in [0.29, 0.717) is 0 Å². The van der Waals surface area contributed by atoms with E-state index in [-0.39, 0.29) is 34.4 Å². The van der Waals surface area contributed by atoms with Crippen LogP contribution in [0.25, 0.3) is 0 Å². The summed E-state index contributed by atoms with van der Waals surface area (Å²) in [6.07, 6.45) is 0.943. The van der Waals surface area contributed by atoms with Gasteiger partial charge in [0.2, 0.25) is 0 Å². The van der Waals surface area contributed by atoms with Crippen molar-refractivity contribution in [2.45, 2.75) is 26.3 Å². The lowest BCUT2D eigenvalue weighted by atomic mass is 10.1. The third-order valence-electron chi connectivity index (χ3n) is 3.08. The van der Waals surface area contributed by atoms with E-state index in [4.69, 9.17) is 0 Å². The van der Waals surface area contributed by atoms with Gasteiger partial charge in [-0.15, -0.1) is 0 Å². The number of phenolic OH excluding ortho intramolecular Hbond substituents is 2. The zero-order valence-corrected chi connectivity index (χ0v) is 9.32. The number of hydrogen-bond acceptors (Lipinski definition) is 3. The maximum absolute atomic E-state index is 11.8. The van der Waals surface area contributed by atoms with Gasteiger partial charge in [-0.1, -0.05) is 19.9 Å². The van der Waals surface area contributed by atoms with Crippen LogP contribution in [0.4, 0.5) is 0 Å². The lowest BCUT2D eigenvalue weighted by molar-refractivity contribution is 0.0943. The number of nitrogens with one attached hydrogen (secondary N) is 1. The molecule has 4 nitrogen and oxygen atoms in total. The molecule has 2 rings (SSSR count). The monoisotopic (exact) mass is 221 g/mol. The van der Waals surface area contributed by atoms with Crippen LogP contribution >= 0.6 is 0 Å². The first-order chi connectivity index (χ1) is 7.42. The molecule has 0 heterocycles. The quantitative estimate of drug-likeness (QED) is 0.665. The van der Waals surface area contributed by atoms with Crippen LogP contribution < -0.4 is 5.32 Å². The second-order valence-corrected chi connectivity index (χ2v) is 4.89. The standard InChI is InChI=1S/C12H15NO3/c1-12(2)6-9(12)13-11(16)7-4-3-5-8(14)10(7)15/h3-5,9,14-15H,6H2,1-2H3,(H,13,16). The van der Waals surface area contributed by atoms with Crippen LogP contribution in [0.5, 0.6) is 11.5 Å². The van der Waals surface area contributed by atoms with Crippen LogP contribution in [0.1, 0.15) is 30.6 Å². The van der Waals surface area contributed by atoms with Gasteiger partial charge in [0.25, 0.3) is 5.91 Å². The predicted molar refractivity (Wildman–Crippen MR) is 59.4 cm³/mol. The summed E-state index contributed by atoms with van der Waals surface area (Å²) in [5, 5.41) is 21.6. The van der Waals surface area contributed by atoms with Crippen LogP contribution in [0.15, 0.2) is 18.2 Å². The number of amides is 1. The first-order valence-electron chi connectivity index (χ1n) is 5.23. The van der Waals surface area contributed by atoms with E-state index >= 15 is 0 Å². The number of hydrogen-bond donors (Lipinski definition) is 3. The summed E-state index contributed by atoms with van der Waals surface area (Å²) in [5.41, 5.74) is 0.255. The van der Waals surface area contributed by atoms with E-state index in [1.807, 2.05) is 0 Å². The van der Waals surface area contributed by atoms with Gasteiger partial charge < -0.3 is 15.5 Å². The molecule has 1 amide bonds. The molecule has 0 radical (unpaired) electrons. The number of phenols is 2. The number of rotatable bonds is 2. The Balaban J connectivity index is 2.13. The molecule has 1 aliphatic carbocycles. The molecule has 1 aromatic carbocycles. The molecule has 0 saturated heterocycles. The second kappa shape index (κ2) is 3.40. The van der Waals surface area contributed by atoms with Crippen molar-refractivity contribution in [3.05, 3.63) is 23.8 Å². The van der Waals surface area contributed by atoms with E-state index in [0.717, 1.165) is 6.42 Å². The van der Waals surface area contributed by atoms with Crippen molar-refractivity contribution in [3.63, 3.8) is 0 Å². The van der Waals surface area contributed by atoms with Gasteiger partial charge in [0.15, 0.2) is 11.5 Å². The number of carbonyl (C=O) groups is 1. The minimum absolute atomic E-state index is 0.114. The highest BCUT2D eigenvalue weighted by molar-refractivity contribution is 5.98. The molecule has 0 aromatic heterocycles. The molecule has 4 heteroatoms. The highest BCUT2D eigenvalue weighted by atomic mass is 16.3. The van der Waals surface area contributed by atoms with Gasteiger partial charge in [0.1, 0.15) is 0 Å².